The number of benzene rings is 1. The Morgan fingerprint density at radius 2 is 1.74 bits per heavy atom. The number of hydrogen-bond donors (Lipinski definition) is 1. The fraction of sp³-hybridized carbons (Fsp3) is 0.409. The molecule has 1 amide bonds. The van der Waals surface area contributed by atoms with Gasteiger partial charge in [-0.1, -0.05) is 17.7 Å². The summed E-state index contributed by atoms with van der Waals surface area (Å²) in [7, 11) is 3.12. The summed E-state index contributed by atoms with van der Waals surface area (Å²) in [5.41, 5.74) is 1.82. The number of aromatic nitrogens is 4. The summed E-state index contributed by atoms with van der Waals surface area (Å²) in [5, 5.41) is 10.4. The van der Waals surface area contributed by atoms with Gasteiger partial charge in [-0.15, -0.1) is 0 Å². The number of ether oxygens (including phenoxy) is 2. The molecule has 0 saturated carbocycles. The predicted octanol–water partition coefficient (Wildman–Crippen LogP) is 4.77. The van der Waals surface area contributed by atoms with Gasteiger partial charge in [0.25, 0.3) is 0 Å². The monoisotopic (exact) mass is 499 g/mol. The highest BCUT2D eigenvalue weighted by atomic mass is 35.5. The summed E-state index contributed by atoms with van der Waals surface area (Å²) in [6.45, 7) is 5.40. The molecule has 0 unspecified atom stereocenters. The number of hydrogen-bond acceptors (Lipinski definition) is 5. The van der Waals surface area contributed by atoms with E-state index in [1.807, 2.05) is 19.1 Å². The Balaban J connectivity index is 1.70. The van der Waals surface area contributed by atoms with Crippen LogP contribution in [0.1, 0.15) is 34.8 Å². The molecule has 1 aromatic carbocycles. The molecule has 2 aromatic heterocycles. The predicted molar refractivity (Wildman–Crippen MR) is 121 cm³/mol. The minimum absolute atomic E-state index is 0.0503. The van der Waals surface area contributed by atoms with Crippen LogP contribution in [0.5, 0.6) is 11.5 Å². The second kappa shape index (κ2) is 9.96. The summed E-state index contributed by atoms with van der Waals surface area (Å²) in [4.78, 5) is 12.5. The molecule has 184 valence electrons. The van der Waals surface area contributed by atoms with Crippen molar-refractivity contribution in [3.63, 3.8) is 0 Å². The molecule has 0 aliphatic rings. The van der Waals surface area contributed by atoms with Gasteiger partial charge in [-0.3, -0.25) is 14.2 Å². The summed E-state index contributed by atoms with van der Waals surface area (Å²) in [6, 6.07) is 5.54. The smallest absolute Gasteiger partial charge is 0.436 e. The molecule has 0 fully saturated rings. The molecule has 3 rings (SSSR count). The van der Waals surface area contributed by atoms with Gasteiger partial charge in [-0.2, -0.15) is 23.4 Å². The lowest BCUT2D eigenvalue weighted by Crippen LogP contribution is -2.17. The number of carbonyl (C=O) groups excluding carboxylic acids is 1. The van der Waals surface area contributed by atoms with Gasteiger partial charge >= 0.3 is 6.18 Å². The first-order valence-corrected chi connectivity index (χ1v) is 10.7. The first kappa shape index (κ1) is 25.4. The van der Waals surface area contributed by atoms with Crippen LogP contribution in [0.15, 0.2) is 18.2 Å². The molecule has 0 aliphatic carbocycles. The summed E-state index contributed by atoms with van der Waals surface area (Å²) in [6.07, 6.45) is -4.75. The molecule has 8 nitrogen and oxygen atoms in total. The molecule has 0 spiro atoms. The standard InChI is InChI=1S/C22H25ClF3N5O3/c1-12-20(14(3)31(28-12)11-15-6-7-16(33-4)17(10-15)34-5)27-18(32)8-9-30-13(2)19(23)21(29-30)22(24,25)26/h6-7,10H,8-9,11H2,1-5H3,(H,27,32). The van der Waals surface area contributed by atoms with Crippen molar-refractivity contribution in [3.8, 4) is 11.5 Å². The summed E-state index contributed by atoms with van der Waals surface area (Å²) >= 11 is 5.76. The van der Waals surface area contributed by atoms with Crippen molar-refractivity contribution in [2.45, 2.75) is 46.5 Å². The lowest BCUT2D eigenvalue weighted by Gasteiger charge is -2.11. The van der Waals surface area contributed by atoms with Crippen molar-refractivity contribution in [3.05, 3.63) is 51.6 Å². The average Bonchev–Trinajstić information content (AvgIpc) is 3.22. The van der Waals surface area contributed by atoms with Crippen LogP contribution in [0.4, 0.5) is 18.9 Å². The number of amides is 1. The quantitative estimate of drug-likeness (QED) is 0.482. The van der Waals surface area contributed by atoms with E-state index >= 15 is 0 Å². The Morgan fingerprint density at radius 3 is 2.32 bits per heavy atom. The Labute approximate surface area is 199 Å². The van der Waals surface area contributed by atoms with Crippen LogP contribution < -0.4 is 14.8 Å². The molecule has 1 N–H and O–H groups in total. The minimum atomic E-state index is -4.66. The molecule has 0 saturated heterocycles. The molecular formula is C22H25ClF3N5O3. The molecule has 0 atom stereocenters. The molecular weight excluding hydrogens is 475 g/mol. The van der Waals surface area contributed by atoms with Gasteiger partial charge < -0.3 is 14.8 Å². The highest BCUT2D eigenvalue weighted by molar-refractivity contribution is 6.31. The zero-order valence-electron chi connectivity index (χ0n) is 19.4. The Morgan fingerprint density at radius 1 is 1.06 bits per heavy atom. The van der Waals surface area contributed by atoms with Crippen LogP contribution in [0, 0.1) is 20.8 Å². The van der Waals surface area contributed by atoms with Crippen LogP contribution >= 0.6 is 11.6 Å². The topological polar surface area (TPSA) is 83.2 Å². The van der Waals surface area contributed by atoms with Gasteiger partial charge in [0.2, 0.25) is 5.91 Å². The van der Waals surface area contributed by atoms with E-state index in [-0.39, 0.29) is 24.6 Å². The largest absolute Gasteiger partial charge is 0.493 e. The van der Waals surface area contributed by atoms with Gasteiger partial charge in [-0.05, 0) is 38.5 Å². The number of nitrogens with zero attached hydrogens (tertiary/aromatic N) is 4. The van der Waals surface area contributed by atoms with Gasteiger partial charge in [-0.25, -0.2) is 0 Å². The van der Waals surface area contributed by atoms with E-state index < -0.39 is 16.9 Å². The summed E-state index contributed by atoms with van der Waals surface area (Å²) < 4.78 is 52.4. The van der Waals surface area contributed by atoms with E-state index in [1.54, 1.807) is 31.9 Å². The average molecular weight is 500 g/mol. The Bertz CT molecular complexity index is 1200. The van der Waals surface area contributed by atoms with Gasteiger partial charge in [0.05, 0.1) is 55.1 Å². The molecule has 0 aliphatic heterocycles. The minimum Gasteiger partial charge on any atom is -0.493 e. The third-order valence-corrected chi connectivity index (χ3v) is 5.83. The number of anilines is 1. The van der Waals surface area contributed by atoms with Crippen molar-refractivity contribution < 1.29 is 27.4 Å². The van der Waals surface area contributed by atoms with Crippen molar-refractivity contribution in [1.29, 1.82) is 0 Å². The van der Waals surface area contributed by atoms with Gasteiger partial charge in [0.1, 0.15) is 0 Å². The highest BCUT2D eigenvalue weighted by Gasteiger charge is 2.38. The normalized spacial score (nSPS) is 11.6. The number of nitrogens with one attached hydrogen (secondary N) is 1. The van der Waals surface area contributed by atoms with E-state index in [2.05, 4.69) is 15.5 Å². The number of alkyl halides is 3. The molecule has 34 heavy (non-hydrogen) atoms. The van der Waals surface area contributed by atoms with Crippen LogP contribution in [0.25, 0.3) is 0 Å². The Hall–Kier alpha value is -3.21. The van der Waals surface area contributed by atoms with Crippen LogP contribution in [0.2, 0.25) is 5.02 Å². The van der Waals surface area contributed by atoms with Crippen molar-refractivity contribution in [2.75, 3.05) is 19.5 Å². The Kier molecular flexibility index (Phi) is 7.44. The molecule has 0 radical (unpaired) electrons. The number of carbonyl (C=O) groups is 1. The van der Waals surface area contributed by atoms with Crippen molar-refractivity contribution >= 4 is 23.2 Å². The van der Waals surface area contributed by atoms with Crippen LogP contribution in [-0.4, -0.2) is 39.7 Å². The number of aryl methyl sites for hydroxylation is 2. The lowest BCUT2D eigenvalue weighted by atomic mass is 10.2. The fourth-order valence-electron chi connectivity index (χ4n) is 3.52. The first-order valence-electron chi connectivity index (χ1n) is 10.3. The molecule has 12 heteroatoms. The molecule has 3 aromatic rings. The zero-order valence-corrected chi connectivity index (χ0v) is 20.1. The molecule has 0 bridgehead atoms. The van der Waals surface area contributed by atoms with Crippen LogP contribution in [-0.2, 0) is 24.1 Å². The van der Waals surface area contributed by atoms with E-state index in [4.69, 9.17) is 21.1 Å². The maximum atomic E-state index is 13.0. The van der Waals surface area contributed by atoms with E-state index in [1.165, 1.54) is 6.92 Å². The SMILES string of the molecule is COc1ccc(Cn2nc(C)c(NC(=O)CCn3nc(C(F)(F)F)c(Cl)c3C)c2C)cc1OC. The van der Waals surface area contributed by atoms with Crippen molar-refractivity contribution in [2.24, 2.45) is 0 Å². The second-order valence-corrected chi connectivity index (χ2v) is 8.04. The van der Waals surface area contributed by atoms with E-state index in [0.717, 1.165) is 15.9 Å². The van der Waals surface area contributed by atoms with Crippen LogP contribution in [0.3, 0.4) is 0 Å². The van der Waals surface area contributed by atoms with E-state index in [0.29, 0.717) is 29.4 Å². The summed E-state index contributed by atoms with van der Waals surface area (Å²) in [5.74, 6) is 0.831. The third-order valence-electron chi connectivity index (χ3n) is 5.38. The van der Waals surface area contributed by atoms with Gasteiger partial charge in [0, 0.05) is 6.42 Å². The number of halogens is 4. The number of rotatable bonds is 8. The first-order chi connectivity index (χ1) is 16.0. The highest BCUT2D eigenvalue weighted by Crippen LogP contribution is 2.35. The zero-order chi connectivity index (χ0) is 25.2. The van der Waals surface area contributed by atoms with E-state index in [9.17, 15) is 18.0 Å². The van der Waals surface area contributed by atoms with Crippen molar-refractivity contribution in [1.82, 2.24) is 19.6 Å². The molecule has 2 heterocycles. The third kappa shape index (κ3) is 5.30. The second-order valence-electron chi connectivity index (χ2n) is 7.66. The van der Waals surface area contributed by atoms with Gasteiger partial charge in [0.15, 0.2) is 17.2 Å². The maximum Gasteiger partial charge on any atom is 0.436 e. The number of methoxy groups -OCH3 is 2. The maximum absolute atomic E-state index is 13.0. The fourth-order valence-corrected chi connectivity index (χ4v) is 3.76. The lowest BCUT2D eigenvalue weighted by molar-refractivity contribution is -0.141.